The lowest BCUT2D eigenvalue weighted by Gasteiger charge is -2.08. The van der Waals surface area contributed by atoms with E-state index in [9.17, 15) is 8.42 Å². The minimum atomic E-state index is -3.70. The van der Waals surface area contributed by atoms with Gasteiger partial charge < -0.3 is 5.43 Å². The standard InChI is InChI=1S/C10H11BrN4O2S2/c11-9-4-3-7(18-9)6-14-19(16,17)10-8(15-12)2-1-5-13-10/h1-5,14-15H,6,12H2. The van der Waals surface area contributed by atoms with Crippen LogP contribution in [0.4, 0.5) is 5.69 Å². The van der Waals surface area contributed by atoms with E-state index in [4.69, 9.17) is 5.84 Å². The van der Waals surface area contributed by atoms with Gasteiger partial charge in [0.25, 0.3) is 10.0 Å². The predicted octanol–water partition coefficient (Wildman–Crippen LogP) is 1.67. The molecule has 0 aromatic carbocycles. The molecule has 0 atom stereocenters. The molecule has 19 heavy (non-hydrogen) atoms. The minimum Gasteiger partial charge on any atom is -0.321 e. The summed E-state index contributed by atoms with van der Waals surface area (Å²) in [5, 5.41) is -0.117. The molecule has 0 aliphatic rings. The smallest absolute Gasteiger partial charge is 0.260 e. The normalized spacial score (nSPS) is 11.5. The highest BCUT2D eigenvalue weighted by Gasteiger charge is 2.19. The Balaban J connectivity index is 2.18. The SMILES string of the molecule is NNc1cccnc1S(=O)(=O)NCc1ccc(Br)s1. The zero-order valence-electron chi connectivity index (χ0n) is 9.63. The molecule has 6 nitrogen and oxygen atoms in total. The third-order valence-corrected chi connectivity index (χ3v) is 5.23. The van der Waals surface area contributed by atoms with E-state index < -0.39 is 10.0 Å². The zero-order valence-corrected chi connectivity index (χ0v) is 12.8. The summed E-state index contributed by atoms with van der Waals surface area (Å²) in [7, 11) is -3.70. The van der Waals surface area contributed by atoms with Crippen LogP contribution in [0.1, 0.15) is 4.88 Å². The van der Waals surface area contributed by atoms with Crippen molar-refractivity contribution in [2.75, 3.05) is 5.43 Å². The molecule has 0 fully saturated rings. The first-order valence-electron chi connectivity index (χ1n) is 5.18. The molecule has 0 aliphatic carbocycles. The monoisotopic (exact) mass is 362 g/mol. The number of aromatic nitrogens is 1. The van der Waals surface area contributed by atoms with Gasteiger partial charge in [0.1, 0.15) is 0 Å². The average molecular weight is 363 g/mol. The summed E-state index contributed by atoms with van der Waals surface area (Å²) in [4.78, 5) is 4.74. The third-order valence-electron chi connectivity index (χ3n) is 2.25. The summed E-state index contributed by atoms with van der Waals surface area (Å²) in [6, 6.07) is 6.85. The largest absolute Gasteiger partial charge is 0.321 e. The van der Waals surface area contributed by atoms with E-state index in [-0.39, 0.29) is 17.3 Å². The highest BCUT2D eigenvalue weighted by atomic mass is 79.9. The van der Waals surface area contributed by atoms with Crippen molar-refractivity contribution < 1.29 is 8.42 Å². The van der Waals surface area contributed by atoms with Crippen molar-refractivity contribution in [3.8, 4) is 0 Å². The molecule has 0 saturated heterocycles. The first kappa shape index (κ1) is 14.4. The molecule has 0 saturated carbocycles. The van der Waals surface area contributed by atoms with Crippen LogP contribution in [0.5, 0.6) is 0 Å². The number of anilines is 1. The Morgan fingerprint density at radius 3 is 2.79 bits per heavy atom. The number of nitrogens with zero attached hydrogens (tertiary/aromatic N) is 1. The van der Waals surface area contributed by atoms with Gasteiger partial charge in [0, 0.05) is 17.6 Å². The molecule has 0 spiro atoms. The molecule has 2 aromatic rings. The number of nitrogens with two attached hydrogens (primary N) is 1. The van der Waals surface area contributed by atoms with Gasteiger partial charge in [-0.2, -0.15) is 0 Å². The molecule has 0 aliphatic heterocycles. The van der Waals surface area contributed by atoms with Crippen LogP contribution in [-0.2, 0) is 16.6 Å². The molecular formula is C10H11BrN4O2S2. The number of thiophene rings is 1. The maximum absolute atomic E-state index is 12.1. The number of hydrogen-bond acceptors (Lipinski definition) is 6. The van der Waals surface area contributed by atoms with Crippen molar-refractivity contribution >= 4 is 43.0 Å². The Morgan fingerprint density at radius 1 is 1.37 bits per heavy atom. The molecule has 0 bridgehead atoms. The van der Waals surface area contributed by atoms with Gasteiger partial charge in [0.2, 0.25) is 0 Å². The number of hydrogen-bond donors (Lipinski definition) is 3. The Kier molecular flexibility index (Phi) is 4.53. The molecule has 102 valence electrons. The maximum Gasteiger partial charge on any atom is 0.260 e. The highest BCUT2D eigenvalue weighted by Crippen LogP contribution is 2.23. The second-order valence-corrected chi connectivity index (χ2v) is 7.76. The number of sulfonamides is 1. The molecule has 2 heterocycles. The van der Waals surface area contributed by atoms with Crippen molar-refractivity contribution in [2.24, 2.45) is 5.84 Å². The van der Waals surface area contributed by atoms with Crippen LogP contribution in [0.3, 0.4) is 0 Å². The lowest BCUT2D eigenvalue weighted by molar-refractivity contribution is 0.578. The Hall–Kier alpha value is -1.000. The van der Waals surface area contributed by atoms with Crippen LogP contribution in [-0.4, -0.2) is 13.4 Å². The van der Waals surface area contributed by atoms with Crippen molar-refractivity contribution in [2.45, 2.75) is 11.6 Å². The molecule has 0 amide bonds. The second kappa shape index (κ2) is 5.97. The van der Waals surface area contributed by atoms with Gasteiger partial charge in [-0.1, -0.05) is 0 Å². The van der Waals surface area contributed by atoms with E-state index in [1.54, 1.807) is 12.1 Å². The van der Waals surface area contributed by atoms with Crippen molar-refractivity contribution in [1.82, 2.24) is 9.71 Å². The van der Waals surface area contributed by atoms with E-state index in [1.165, 1.54) is 17.5 Å². The molecule has 9 heteroatoms. The molecule has 0 unspecified atom stereocenters. The average Bonchev–Trinajstić information content (AvgIpc) is 2.82. The summed E-state index contributed by atoms with van der Waals surface area (Å²) in [5.41, 5.74) is 2.57. The third kappa shape index (κ3) is 3.51. The van der Waals surface area contributed by atoms with Crippen molar-refractivity contribution in [3.05, 3.63) is 39.1 Å². The second-order valence-electron chi connectivity index (χ2n) is 3.53. The van der Waals surface area contributed by atoms with Gasteiger partial charge in [0.05, 0.1) is 9.47 Å². The topological polar surface area (TPSA) is 97.1 Å². The van der Waals surface area contributed by atoms with Crippen LogP contribution in [0.2, 0.25) is 0 Å². The Morgan fingerprint density at radius 2 is 2.16 bits per heavy atom. The van der Waals surface area contributed by atoms with Crippen LogP contribution in [0.15, 0.2) is 39.3 Å². The molecule has 2 rings (SSSR count). The summed E-state index contributed by atoms with van der Waals surface area (Å²) >= 11 is 4.79. The summed E-state index contributed by atoms with van der Waals surface area (Å²) in [6.07, 6.45) is 1.40. The fourth-order valence-electron chi connectivity index (χ4n) is 1.40. The van der Waals surface area contributed by atoms with Crippen LogP contribution < -0.4 is 16.0 Å². The van der Waals surface area contributed by atoms with Gasteiger partial charge in [-0.25, -0.2) is 18.1 Å². The molecule has 4 N–H and O–H groups in total. The van der Waals surface area contributed by atoms with Crippen LogP contribution >= 0.6 is 27.3 Å². The highest BCUT2D eigenvalue weighted by molar-refractivity contribution is 9.11. The molecule has 0 radical (unpaired) electrons. The number of hydrazine groups is 1. The first-order chi connectivity index (χ1) is 9.03. The number of halogens is 1. The van der Waals surface area contributed by atoms with Gasteiger partial charge >= 0.3 is 0 Å². The van der Waals surface area contributed by atoms with E-state index in [0.29, 0.717) is 0 Å². The Labute approximate surface area is 123 Å². The minimum absolute atomic E-state index is 0.117. The van der Waals surface area contributed by atoms with E-state index in [0.717, 1.165) is 8.66 Å². The van der Waals surface area contributed by atoms with Gasteiger partial charge in [-0.15, -0.1) is 11.3 Å². The number of nitrogens with one attached hydrogen (secondary N) is 2. The van der Waals surface area contributed by atoms with Gasteiger partial charge in [0.15, 0.2) is 5.03 Å². The van der Waals surface area contributed by atoms with Crippen molar-refractivity contribution in [1.29, 1.82) is 0 Å². The lowest BCUT2D eigenvalue weighted by atomic mass is 10.4. The van der Waals surface area contributed by atoms with E-state index >= 15 is 0 Å². The summed E-state index contributed by atoms with van der Waals surface area (Å²) in [6.45, 7) is 0.208. The lowest BCUT2D eigenvalue weighted by Crippen LogP contribution is -2.25. The first-order valence-corrected chi connectivity index (χ1v) is 8.28. The van der Waals surface area contributed by atoms with Gasteiger partial charge in [-0.05, 0) is 40.2 Å². The van der Waals surface area contributed by atoms with E-state index in [2.05, 4.69) is 31.1 Å². The molecule has 2 aromatic heterocycles. The summed E-state index contributed by atoms with van der Waals surface area (Å²) in [5.74, 6) is 5.27. The zero-order chi connectivity index (χ0) is 13.9. The number of nitrogen functional groups attached to an aromatic ring is 1. The van der Waals surface area contributed by atoms with Crippen molar-refractivity contribution in [3.63, 3.8) is 0 Å². The maximum atomic E-state index is 12.1. The van der Waals surface area contributed by atoms with E-state index in [1.807, 2.05) is 12.1 Å². The van der Waals surface area contributed by atoms with Gasteiger partial charge in [-0.3, -0.25) is 5.84 Å². The fourth-order valence-corrected chi connectivity index (χ4v) is 4.01. The Bertz CT molecular complexity index is 672. The number of pyridine rings is 1. The van der Waals surface area contributed by atoms with Crippen LogP contribution in [0, 0.1) is 0 Å². The molecular weight excluding hydrogens is 352 g/mol. The van der Waals surface area contributed by atoms with Crippen LogP contribution in [0.25, 0.3) is 0 Å². The summed E-state index contributed by atoms with van der Waals surface area (Å²) < 4.78 is 27.7. The predicted molar refractivity (Wildman–Crippen MR) is 78.1 cm³/mol. The number of rotatable bonds is 5. The quantitative estimate of drug-likeness (QED) is 0.555. The fraction of sp³-hybridized carbons (Fsp3) is 0.100.